The van der Waals surface area contributed by atoms with Crippen molar-refractivity contribution >= 4 is 27.7 Å². The van der Waals surface area contributed by atoms with Gasteiger partial charge in [0, 0.05) is 23.2 Å². The van der Waals surface area contributed by atoms with Gasteiger partial charge in [-0.05, 0) is 28.4 Å². The monoisotopic (exact) mass is 284 g/mol. The van der Waals surface area contributed by atoms with Crippen molar-refractivity contribution in [3.63, 3.8) is 0 Å². The molecule has 5 nitrogen and oxygen atoms in total. The van der Waals surface area contributed by atoms with Crippen molar-refractivity contribution in [2.45, 2.75) is 18.9 Å². The number of amides is 2. The summed E-state index contributed by atoms with van der Waals surface area (Å²) in [5.41, 5.74) is -0.252. The molecule has 1 N–H and O–H groups in total. The average molecular weight is 285 g/mol. The zero-order valence-electron chi connectivity index (χ0n) is 8.27. The lowest BCUT2D eigenvalue weighted by molar-refractivity contribution is -0.135. The second kappa shape index (κ2) is 4.21. The van der Waals surface area contributed by atoms with Crippen LogP contribution in [0.1, 0.15) is 18.9 Å². The van der Waals surface area contributed by atoms with Gasteiger partial charge in [-0.25, -0.2) is 0 Å². The molecule has 1 aromatic rings. The van der Waals surface area contributed by atoms with E-state index in [0.717, 1.165) is 4.47 Å². The fraction of sp³-hybridized carbons (Fsp3) is 0.300. The van der Waals surface area contributed by atoms with Crippen molar-refractivity contribution in [2.24, 2.45) is 0 Å². The van der Waals surface area contributed by atoms with Gasteiger partial charge >= 0.3 is 0 Å². The van der Waals surface area contributed by atoms with Gasteiger partial charge in [0.25, 0.3) is 5.56 Å². The van der Waals surface area contributed by atoms with Gasteiger partial charge in [0.2, 0.25) is 11.8 Å². The Kier molecular flexibility index (Phi) is 2.91. The Balaban J connectivity index is 2.37. The summed E-state index contributed by atoms with van der Waals surface area (Å²) in [4.78, 5) is 34.1. The van der Waals surface area contributed by atoms with Crippen LogP contribution in [-0.2, 0) is 9.59 Å². The smallest absolute Gasteiger partial charge is 0.251 e. The minimum absolute atomic E-state index is 0.252. The fourth-order valence-electron chi connectivity index (χ4n) is 1.67. The Morgan fingerprint density at radius 3 is 2.75 bits per heavy atom. The minimum Gasteiger partial charge on any atom is -0.302 e. The highest BCUT2D eigenvalue weighted by molar-refractivity contribution is 9.10. The van der Waals surface area contributed by atoms with E-state index >= 15 is 0 Å². The number of nitrogens with one attached hydrogen (secondary N) is 1. The maximum atomic E-state index is 11.6. The van der Waals surface area contributed by atoms with E-state index in [0.29, 0.717) is 6.42 Å². The fourth-order valence-corrected chi connectivity index (χ4v) is 2.02. The number of piperidine rings is 1. The zero-order chi connectivity index (χ0) is 11.7. The first kappa shape index (κ1) is 11.1. The second-order valence-electron chi connectivity index (χ2n) is 3.56. The molecule has 1 aliphatic heterocycles. The Labute approximate surface area is 99.6 Å². The van der Waals surface area contributed by atoms with Gasteiger partial charge in [-0.2, -0.15) is 0 Å². The van der Waals surface area contributed by atoms with Crippen LogP contribution < -0.4 is 10.9 Å². The van der Waals surface area contributed by atoms with Gasteiger partial charge in [0.05, 0.1) is 0 Å². The van der Waals surface area contributed by atoms with E-state index in [9.17, 15) is 14.4 Å². The van der Waals surface area contributed by atoms with Crippen molar-refractivity contribution < 1.29 is 9.59 Å². The van der Waals surface area contributed by atoms with Crippen LogP contribution in [0.2, 0.25) is 0 Å². The Morgan fingerprint density at radius 2 is 2.06 bits per heavy atom. The lowest BCUT2D eigenvalue weighted by Gasteiger charge is -2.22. The van der Waals surface area contributed by atoms with Crippen molar-refractivity contribution in [3.8, 4) is 0 Å². The summed E-state index contributed by atoms with van der Waals surface area (Å²) in [6, 6.07) is 2.40. The van der Waals surface area contributed by atoms with E-state index in [1.165, 1.54) is 10.6 Å². The van der Waals surface area contributed by atoms with Gasteiger partial charge in [0.15, 0.2) is 0 Å². The molecule has 84 valence electrons. The molecule has 2 rings (SSSR count). The van der Waals surface area contributed by atoms with E-state index in [1.807, 2.05) is 0 Å². The SMILES string of the molecule is O=C1CCC(n2cc(Br)ccc2=O)C(=O)N1. The van der Waals surface area contributed by atoms with Gasteiger partial charge in [0.1, 0.15) is 6.04 Å². The van der Waals surface area contributed by atoms with Gasteiger partial charge in [-0.3, -0.25) is 19.7 Å². The number of carbonyl (C=O) groups is 2. The standard InChI is InChI=1S/C10H9BrN2O3/c11-6-1-4-9(15)13(5-6)7-2-3-8(14)12-10(7)16/h1,4-5,7H,2-3H2,(H,12,14,16). The Hall–Kier alpha value is -1.43. The normalized spacial score (nSPS) is 20.7. The van der Waals surface area contributed by atoms with Gasteiger partial charge in [-0.1, -0.05) is 0 Å². The number of imide groups is 1. The first-order valence-corrected chi connectivity index (χ1v) is 5.58. The summed E-state index contributed by atoms with van der Waals surface area (Å²) in [7, 11) is 0. The van der Waals surface area contributed by atoms with Crippen LogP contribution in [-0.4, -0.2) is 16.4 Å². The molecule has 0 aliphatic carbocycles. The maximum absolute atomic E-state index is 11.6. The molecular formula is C10H9BrN2O3. The van der Waals surface area contributed by atoms with E-state index in [2.05, 4.69) is 21.2 Å². The number of hydrogen-bond donors (Lipinski definition) is 1. The summed E-state index contributed by atoms with van der Waals surface area (Å²) in [6.45, 7) is 0. The summed E-state index contributed by atoms with van der Waals surface area (Å²) < 4.78 is 2.06. The van der Waals surface area contributed by atoms with Crippen LogP contribution in [0, 0.1) is 0 Å². The molecule has 1 saturated heterocycles. The van der Waals surface area contributed by atoms with Gasteiger partial charge in [-0.15, -0.1) is 0 Å². The number of halogens is 1. The molecule has 1 fully saturated rings. The molecule has 6 heteroatoms. The van der Waals surface area contributed by atoms with Crippen LogP contribution in [0.3, 0.4) is 0 Å². The largest absolute Gasteiger partial charge is 0.302 e. The third-order valence-electron chi connectivity index (χ3n) is 2.45. The van der Waals surface area contributed by atoms with Crippen LogP contribution in [0.25, 0.3) is 0 Å². The number of pyridine rings is 1. The van der Waals surface area contributed by atoms with Crippen LogP contribution in [0.15, 0.2) is 27.6 Å². The maximum Gasteiger partial charge on any atom is 0.251 e. The molecule has 2 amide bonds. The molecule has 2 heterocycles. The molecule has 0 spiro atoms. The summed E-state index contributed by atoms with van der Waals surface area (Å²) in [6.07, 6.45) is 2.18. The molecule has 1 aliphatic rings. The lowest BCUT2D eigenvalue weighted by Crippen LogP contribution is -2.44. The molecule has 0 radical (unpaired) electrons. The Morgan fingerprint density at radius 1 is 1.31 bits per heavy atom. The topological polar surface area (TPSA) is 68.2 Å². The molecule has 1 aromatic heterocycles. The summed E-state index contributed by atoms with van der Waals surface area (Å²) in [5.74, 6) is -0.708. The third kappa shape index (κ3) is 2.06. The Bertz CT molecular complexity index is 509. The van der Waals surface area contributed by atoms with E-state index < -0.39 is 11.9 Å². The molecule has 0 aromatic carbocycles. The van der Waals surface area contributed by atoms with Crippen molar-refractivity contribution in [3.05, 3.63) is 33.2 Å². The predicted molar refractivity (Wildman–Crippen MR) is 59.8 cm³/mol. The van der Waals surface area contributed by atoms with Crippen molar-refractivity contribution in [2.75, 3.05) is 0 Å². The third-order valence-corrected chi connectivity index (χ3v) is 2.92. The van der Waals surface area contributed by atoms with Crippen LogP contribution in [0.4, 0.5) is 0 Å². The first-order valence-electron chi connectivity index (χ1n) is 4.79. The number of hydrogen-bond acceptors (Lipinski definition) is 3. The van der Waals surface area contributed by atoms with E-state index in [-0.39, 0.29) is 17.9 Å². The highest BCUT2D eigenvalue weighted by atomic mass is 79.9. The summed E-state index contributed by atoms with van der Waals surface area (Å²) >= 11 is 3.24. The number of nitrogens with zero attached hydrogens (tertiary/aromatic N) is 1. The van der Waals surface area contributed by atoms with Crippen molar-refractivity contribution in [1.82, 2.24) is 9.88 Å². The zero-order valence-corrected chi connectivity index (χ0v) is 9.86. The quantitative estimate of drug-likeness (QED) is 0.768. The molecular weight excluding hydrogens is 276 g/mol. The molecule has 0 bridgehead atoms. The lowest BCUT2D eigenvalue weighted by atomic mass is 10.1. The molecule has 1 unspecified atom stereocenters. The highest BCUT2D eigenvalue weighted by Gasteiger charge is 2.28. The molecule has 16 heavy (non-hydrogen) atoms. The summed E-state index contributed by atoms with van der Waals surface area (Å²) in [5, 5.41) is 2.22. The van der Waals surface area contributed by atoms with Crippen LogP contribution in [0.5, 0.6) is 0 Å². The second-order valence-corrected chi connectivity index (χ2v) is 4.48. The average Bonchev–Trinajstić information content (AvgIpc) is 2.22. The van der Waals surface area contributed by atoms with E-state index in [4.69, 9.17) is 0 Å². The van der Waals surface area contributed by atoms with Crippen molar-refractivity contribution in [1.29, 1.82) is 0 Å². The number of carbonyl (C=O) groups excluding carboxylic acids is 2. The van der Waals surface area contributed by atoms with E-state index in [1.54, 1.807) is 12.3 Å². The highest BCUT2D eigenvalue weighted by Crippen LogP contribution is 2.18. The van der Waals surface area contributed by atoms with Crippen LogP contribution >= 0.6 is 15.9 Å². The van der Waals surface area contributed by atoms with Gasteiger partial charge < -0.3 is 4.57 Å². The first-order chi connectivity index (χ1) is 7.58. The predicted octanol–water partition coefficient (Wildman–Crippen LogP) is 0.588. The molecule has 0 saturated carbocycles. The molecule has 1 atom stereocenters. The number of rotatable bonds is 1. The number of aromatic nitrogens is 1. The minimum atomic E-state index is -0.595.